The Labute approximate surface area is 351 Å². The number of carbonyl (C=O) groups excluding carboxylic acids is 5. The normalized spacial score (nSPS) is 16.6. The van der Waals surface area contributed by atoms with Crippen molar-refractivity contribution in [2.24, 2.45) is 17.3 Å². The molecule has 6 atom stereocenters. The van der Waals surface area contributed by atoms with Gasteiger partial charge in [0.2, 0.25) is 5.91 Å². The first-order valence-corrected chi connectivity index (χ1v) is 20.1. The first-order valence-electron chi connectivity index (χ1n) is 20.1. The molecule has 15 nitrogen and oxygen atoms in total. The van der Waals surface area contributed by atoms with E-state index >= 15 is 0 Å². The van der Waals surface area contributed by atoms with Gasteiger partial charge in [0.05, 0.1) is 43.1 Å². The number of benzene rings is 2. The van der Waals surface area contributed by atoms with Crippen LogP contribution in [0.15, 0.2) is 103 Å². The molecule has 1 saturated heterocycles. The maximum atomic E-state index is 14.5. The van der Waals surface area contributed by atoms with E-state index in [-0.39, 0.29) is 32.0 Å². The minimum absolute atomic E-state index is 0.0508. The van der Waals surface area contributed by atoms with Gasteiger partial charge < -0.3 is 25.8 Å². The van der Waals surface area contributed by atoms with Crippen LogP contribution in [0.4, 0.5) is 9.59 Å². The number of rotatable bonds is 18. The Balaban J connectivity index is 1.43. The van der Waals surface area contributed by atoms with Gasteiger partial charge in [-0.2, -0.15) is 0 Å². The van der Waals surface area contributed by atoms with Gasteiger partial charge in [-0.05, 0) is 53.1 Å². The molecule has 0 spiro atoms. The monoisotopic (exact) mass is 820 g/mol. The molecule has 0 saturated carbocycles. The zero-order valence-corrected chi connectivity index (χ0v) is 35.0. The predicted molar refractivity (Wildman–Crippen MR) is 225 cm³/mol. The SMILES string of the molecule is CCC(C)C(C(=O)NC(Cc1ccccc1)C(O)CN(Cc1ccc(-c2ccccn2)cc1)NC(=O)C(NC(=O)OC)C(C)(C)C)C1NC(=O)N(Cc2ccccn2)C1=O. The smallest absolute Gasteiger partial charge is 0.407 e. The third-order valence-electron chi connectivity index (χ3n) is 10.7. The van der Waals surface area contributed by atoms with Gasteiger partial charge in [0.15, 0.2) is 0 Å². The lowest BCUT2D eigenvalue weighted by Crippen LogP contribution is -2.59. The van der Waals surface area contributed by atoms with Gasteiger partial charge in [0.25, 0.3) is 11.8 Å². The number of nitrogens with zero attached hydrogens (tertiary/aromatic N) is 4. The van der Waals surface area contributed by atoms with E-state index in [1.165, 1.54) is 7.11 Å². The molecule has 6 amide bonds. The summed E-state index contributed by atoms with van der Waals surface area (Å²) >= 11 is 0. The Morgan fingerprint density at radius 1 is 0.883 bits per heavy atom. The summed E-state index contributed by atoms with van der Waals surface area (Å²) in [6.07, 6.45) is 1.96. The first kappa shape index (κ1) is 44.9. The second-order valence-electron chi connectivity index (χ2n) is 16.2. The van der Waals surface area contributed by atoms with E-state index in [1.54, 1.807) is 56.4 Å². The van der Waals surface area contributed by atoms with Crippen molar-refractivity contribution in [3.05, 3.63) is 120 Å². The fourth-order valence-corrected chi connectivity index (χ4v) is 7.12. The topological polar surface area (TPSA) is 195 Å². The van der Waals surface area contributed by atoms with Crippen LogP contribution in [0, 0.1) is 17.3 Å². The van der Waals surface area contributed by atoms with E-state index in [4.69, 9.17) is 4.74 Å². The Morgan fingerprint density at radius 2 is 1.55 bits per heavy atom. The number of urea groups is 1. The second kappa shape index (κ2) is 20.7. The van der Waals surface area contributed by atoms with E-state index in [0.717, 1.165) is 27.3 Å². The molecule has 4 aromatic rings. The van der Waals surface area contributed by atoms with Gasteiger partial charge >= 0.3 is 12.1 Å². The number of aliphatic hydroxyl groups excluding tert-OH is 1. The van der Waals surface area contributed by atoms with Crippen LogP contribution in [0.2, 0.25) is 0 Å². The van der Waals surface area contributed by atoms with Crippen molar-refractivity contribution >= 4 is 29.8 Å². The molecule has 5 rings (SSSR count). The summed E-state index contributed by atoms with van der Waals surface area (Å²) in [5.74, 6) is -2.92. The standard InChI is InChI=1S/C45H56N8O7/c1-7-29(2)37(38-42(57)53(43(58)49-38)27-33-17-11-13-23-46-33)40(55)48-35(25-30-15-9-8-10-16-30)36(54)28-52(51-41(56)39(45(3,4)5)50-44(59)60-6)26-31-19-21-32(22-20-31)34-18-12-14-24-47-34/h8-24,29,35-39,54H,7,25-28H2,1-6H3,(H,48,55)(H,49,58)(H,50,59)(H,51,56). The number of imide groups is 1. The van der Waals surface area contributed by atoms with Crippen LogP contribution in [0.1, 0.15) is 57.9 Å². The van der Waals surface area contributed by atoms with Crippen molar-refractivity contribution < 1.29 is 33.8 Å². The van der Waals surface area contributed by atoms with E-state index in [9.17, 15) is 29.1 Å². The van der Waals surface area contributed by atoms with E-state index in [1.807, 2.05) is 86.6 Å². The molecular formula is C45H56N8O7. The minimum atomic E-state index is -1.28. The molecule has 15 heteroatoms. The van der Waals surface area contributed by atoms with Gasteiger partial charge in [-0.25, -0.2) is 14.6 Å². The quantitative estimate of drug-likeness (QED) is 0.0699. The summed E-state index contributed by atoms with van der Waals surface area (Å²) < 4.78 is 4.81. The van der Waals surface area contributed by atoms with Crippen LogP contribution in [0.3, 0.4) is 0 Å². The van der Waals surface area contributed by atoms with Crippen molar-refractivity contribution in [3.63, 3.8) is 0 Å². The van der Waals surface area contributed by atoms with Crippen molar-refractivity contribution in [2.45, 2.75) is 84.8 Å². The Kier molecular flexibility index (Phi) is 15.5. The van der Waals surface area contributed by atoms with Gasteiger partial charge in [0.1, 0.15) is 12.1 Å². The molecule has 2 aromatic heterocycles. The number of carbonyl (C=O) groups is 5. The number of aromatic nitrogens is 2. The number of hydrogen-bond acceptors (Lipinski definition) is 10. The van der Waals surface area contributed by atoms with Crippen LogP contribution < -0.4 is 21.4 Å². The highest BCUT2D eigenvalue weighted by Crippen LogP contribution is 2.27. The number of hydrazine groups is 1. The molecule has 0 aliphatic carbocycles. The van der Waals surface area contributed by atoms with Gasteiger partial charge in [0, 0.05) is 31.0 Å². The molecule has 1 aliphatic rings. The van der Waals surface area contributed by atoms with Gasteiger partial charge in [-0.15, -0.1) is 0 Å². The predicted octanol–water partition coefficient (Wildman–Crippen LogP) is 4.62. The lowest BCUT2D eigenvalue weighted by molar-refractivity contribution is -0.137. The number of aliphatic hydroxyl groups is 1. The molecule has 60 heavy (non-hydrogen) atoms. The fraction of sp³-hybridized carbons (Fsp3) is 0.400. The fourth-order valence-electron chi connectivity index (χ4n) is 7.12. The van der Waals surface area contributed by atoms with Gasteiger partial charge in [-0.1, -0.05) is 108 Å². The molecule has 2 aromatic carbocycles. The maximum Gasteiger partial charge on any atom is 0.407 e. The summed E-state index contributed by atoms with van der Waals surface area (Å²) in [6, 6.07) is 24.1. The molecule has 6 unspecified atom stereocenters. The summed E-state index contributed by atoms with van der Waals surface area (Å²) in [7, 11) is 1.21. The highest BCUT2D eigenvalue weighted by atomic mass is 16.5. The summed E-state index contributed by atoms with van der Waals surface area (Å²) in [5.41, 5.74) is 6.01. The van der Waals surface area contributed by atoms with E-state index < -0.39 is 65.4 Å². The molecule has 1 fully saturated rings. The first-order chi connectivity index (χ1) is 28.7. The largest absolute Gasteiger partial charge is 0.453 e. The average Bonchev–Trinajstić information content (AvgIpc) is 3.50. The molecular weight excluding hydrogens is 765 g/mol. The highest BCUT2D eigenvalue weighted by molar-refractivity contribution is 6.06. The van der Waals surface area contributed by atoms with Crippen molar-refractivity contribution in [1.29, 1.82) is 0 Å². The minimum Gasteiger partial charge on any atom is -0.453 e. The third kappa shape index (κ3) is 11.9. The maximum absolute atomic E-state index is 14.5. The van der Waals surface area contributed by atoms with Crippen LogP contribution in [-0.2, 0) is 38.6 Å². The number of amides is 6. The zero-order valence-electron chi connectivity index (χ0n) is 35.0. The van der Waals surface area contributed by atoms with Gasteiger partial charge in [-0.3, -0.25) is 34.7 Å². The Hall–Kier alpha value is -6.19. The number of pyridine rings is 2. The second-order valence-corrected chi connectivity index (χ2v) is 16.2. The van der Waals surface area contributed by atoms with Crippen molar-refractivity contribution in [2.75, 3.05) is 13.7 Å². The van der Waals surface area contributed by atoms with Crippen LogP contribution >= 0.6 is 0 Å². The Morgan fingerprint density at radius 3 is 2.15 bits per heavy atom. The number of ether oxygens (including phenoxy) is 1. The third-order valence-corrected chi connectivity index (χ3v) is 10.7. The lowest BCUT2D eigenvalue weighted by atomic mass is 9.84. The van der Waals surface area contributed by atoms with E-state index in [0.29, 0.717) is 12.1 Å². The van der Waals surface area contributed by atoms with E-state index in [2.05, 4.69) is 31.3 Å². The zero-order chi connectivity index (χ0) is 43.4. The molecule has 0 bridgehead atoms. The summed E-state index contributed by atoms with van der Waals surface area (Å²) in [6.45, 7) is 9.08. The van der Waals surface area contributed by atoms with Crippen molar-refractivity contribution in [3.8, 4) is 11.3 Å². The van der Waals surface area contributed by atoms with Crippen LogP contribution in [0.5, 0.6) is 0 Å². The average molecular weight is 821 g/mol. The number of nitrogens with one attached hydrogen (secondary N) is 4. The van der Waals surface area contributed by atoms with Crippen LogP contribution in [0.25, 0.3) is 11.3 Å². The molecule has 1 aliphatic heterocycles. The Bertz CT molecular complexity index is 2050. The van der Waals surface area contributed by atoms with Crippen molar-refractivity contribution in [1.82, 2.24) is 41.3 Å². The molecule has 5 N–H and O–H groups in total. The molecule has 318 valence electrons. The summed E-state index contributed by atoms with van der Waals surface area (Å²) in [5, 5.41) is 22.1. The number of hydrogen-bond donors (Lipinski definition) is 5. The van der Waals surface area contributed by atoms with Crippen LogP contribution in [-0.4, -0.2) is 92.7 Å². The summed E-state index contributed by atoms with van der Waals surface area (Å²) in [4.78, 5) is 77.6. The lowest BCUT2D eigenvalue weighted by Gasteiger charge is -2.35. The number of methoxy groups -OCH3 is 1. The molecule has 0 radical (unpaired) electrons. The number of alkyl carbamates (subject to hydrolysis) is 1. The molecule has 3 heterocycles. The highest BCUT2D eigenvalue weighted by Gasteiger charge is 2.47.